The number of carbonyl (C=O) groups is 1. The Hall–Kier alpha value is -1.52. The molecular formula is C22H30O8S. The van der Waals surface area contributed by atoms with Crippen molar-refractivity contribution in [1.29, 1.82) is 0 Å². The first-order valence-electron chi connectivity index (χ1n) is 10.9. The van der Waals surface area contributed by atoms with Crippen LogP contribution in [0.1, 0.15) is 45.4 Å². The zero-order valence-electron chi connectivity index (χ0n) is 17.7. The fourth-order valence-corrected chi connectivity index (χ4v) is 5.74. The monoisotopic (exact) mass is 454 g/mol. The van der Waals surface area contributed by atoms with E-state index in [1.165, 1.54) is 13.3 Å². The lowest BCUT2D eigenvalue weighted by Gasteiger charge is -2.45. The molecule has 1 aromatic carbocycles. The summed E-state index contributed by atoms with van der Waals surface area (Å²) in [6, 6.07) is 8.18. The van der Waals surface area contributed by atoms with Crippen LogP contribution in [0.4, 0.5) is 0 Å². The van der Waals surface area contributed by atoms with Gasteiger partial charge in [0.25, 0.3) is 0 Å². The predicted molar refractivity (Wildman–Crippen MR) is 110 cm³/mol. The maximum Gasteiger partial charge on any atom is 0.302 e. The van der Waals surface area contributed by atoms with Crippen molar-refractivity contribution in [1.82, 2.24) is 0 Å². The molecule has 3 aliphatic rings. The van der Waals surface area contributed by atoms with Gasteiger partial charge in [-0.3, -0.25) is 4.79 Å². The van der Waals surface area contributed by atoms with Gasteiger partial charge in [0.2, 0.25) is 0 Å². The number of esters is 1. The first kappa shape index (κ1) is 22.7. The van der Waals surface area contributed by atoms with E-state index in [4.69, 9.17) is 23.7 Å². The van der Waals surface area contributed by atoms with Gasteiger partial charge in [0.15, 0.2) is 22.4 Å². The molecular weight excluding hydrogens is 424 g/mol. The molecule has 4 rings (SSSR count). The second-order valence-electron chi connectivity index (χ2n) is 8.34. The van der Waals surface area contributed by atoms with Crippen molar-refractivity contribution in [3.8, 4) is 0 Å². The van der Waals surface area contributed by atoms with Crippen LogP contribution in [-0.4, -0.2) is 63.7 Å². The minimum absolute atomic E-state index is 0.141. The average molecular weight is 455 g/mol. The van der Waals surface area contributed by atoms with Gasteiger partial charge in [0.1, 0.15) is 24.1 Å². The fraction of sp³-hybridized carbons (Fsp3) is 0.682. The van der Waals surface area contributed by atoms with E-state index in [1.807, 2.05) is 0 Å². The first-order chi connectivity index (χ1) is 14.9. The molecule has 0 N–H and O–H groups in total. The lowest BCUT2D eigenvalue weighted by molar-refractivity contribution is -0.336. The molecule has 2 heterocycles. The van der Waals surface area contributed by atoms with Gasteiger partial charge in [0.05, 0.1) is 17.6 Å². The molecule has 0 spiro atoms. The lowest BCUT2D eigenvalue weighted by Crippen LogP contribution is -2.59. The second kappa shape index (κ2) is 9.95. The maximum atomic E-state index is 12.7. The summed E-state index contributed by atoms with van der Waals surface area (Å²) in [5, 5.41) is 0. The van der Waals surface area contributed by atoms with Crippen LogP contribution in [0.15, 0.2) is 35.2 Å². The number of benzene rings is 1. The van der Waals surface area contributed by atoms with Crippen LogP contribution in [0, 0.1) is 0 Å². The molecule has 0 aromatic heterocycles. The summed E-state index contributed by atoms with van der Waals surface area (Å²) in [6.07, 6.45) is 2.81. The third kappa shape index (κ3) is 5.84. The third-order valence-corrected chi connectivity index (χ3v) is 7.61. The molecule has 172 valence electrons. The average Bonchev–Trinajstić information content (AvgIpc) is 2.75. The highest BCUT2D eigenvalue weighted by Gasteiger charge is 2.47. The van der Waals surface area contributed by atoms with Crippen LogP contribution in [0.2, 0.25) is 0 Å². The fourth-order valence-electron chi connectivity index (χ4n) is 4.44. The van der Waals surface area contributed by atoms with Gasteiger partial charge in [0, 0.05) is 13.3 Å². The number of carbonyl (C=O) groups excluding carboxylic acids is 1. The van der Waals surface area contributed by atoms with E-state index in [0.29, 0.717) is 6.42 Å². The van der Waals surface area contributed by atoms with Crippen LogP contribution in [0.25, 0.3) is 0 Å². The minimum Gasteiger partial charge on any atom is -0.459 e. The molecule has 9 heteroatoms. The van der Waals surface area contributed by atoms with Crippen LogP contribution >= 0.6 is 0 Å². The van der Waals surface area contributed by atoms with E-state index in [9.17, 15) is 13.2 Å². The van der Waals surface area contributed by atoms with Crippen LogP contribution in [0.5, 0.6) is 0 Å². The quantitative estimate of drug-likeness (QED) is 0.605. The Bertz CT molecular complexity index is 836. The molecule has 2 saturated heterocycles. The van der Waals surface area contributed by atoms with Gasteiger partial charge in [-0.1, -0.05) is 37.5 Å². The number of fused-ring (bicyclic) bond motifs is 1. The Morgan fingerprint density at radius 3 is 2.55 bits per heavy atom. The molecule has 1 saturated carbocycles. The van der Waals surface area contributed by atoms with E-state index in [0.717, 1.165) is 25.7 Å². The zero-order valence-corrected chi connectivity index (χ0v) is 18.5. The molecule has 3 fully saturated rings. The lowest BCUT2D eigenvalue weighted by atomic mass is 9.97. The number of hydrogen-bond donors (Lipinski definition) is 0. The third-order valence-electron chi connectivity index (χ3n) is 5.91. The van der Waals surface area contributed by atoms with Gasteiger partial charge in [-0.25, -0.2) is 8.42 Å². The number of hydrogen-bond acceptors (Lipinski definition) is 8. The summed E-state index contributed by atoms with van der Waals surface area (Å²) in [5.74, 6) is -0.750. The van der Waals surface area contributed by atoms with Crippen molar-refractivity contribution in [3.05, 3.63) is 30.3 Å². The first-order valence-corrected chi connectivity index (χ1v) is 12.6. The van der Waals surface area contributed by atoms with Crippen molar-refractivity contribution in [2.24, 2.45) is 0 Å². The zero-order chi connectivity index (χ0) is 21.8. The Balaban J connectivity index is 1.41. The largest absolute Gasteiger partial charge is 0.459 e. The maximum absolute atomic E-state index is 12.7. The molecule has 8 nitrogen and oxygen atoms in total. The summed E-state index contributed by atoms with van der Waals surface area (Å²) >= 11 is 0. The molecule has 1 aliphatic carbocycles. The van der Waals surface area contributed by atoms with Crippen molar-refractivity contribution >= 4 is 15.8 Å². The van der Waals surface area contributed by atoms with Crippen molar-refractivity contribution in [2.75, 3.05) is 12.4 Å². The van der Waals surface area contributed by atoms with E-state index >= 15 is 0 Å². The number of rotatable bonds is 6. The van der Waals surface area contributed by atoms with Crippen LogP contribution < -0.4 is 0 Å². The summed E-state index contributed by atoms with van der Waals surface area (Å²) in [5.41, 5.74) is 0. The number of sulfone groups is 1. The molecule has 5 atom stereocenters. The summed E-state index contributed by atoms with van der Waals surface area (Å²) < 4.78 is 54.7. The van der Waals surface area contributed by atoms with E-state index in [2.05, 4.69) is 0 Å². The Morgan fingerprint density at radius 2 is 1.84 bits per heavy atom. The van der Waals surface area contributed by atoms with Gasteiger partial charge >= 0.3 is 5.97 Å². The molecule has 31 heavy (non-hydrogen) atoms. The summed E-state index contributed by atoms with van der Waals surface area (Å²) in [4.78, 5) is 11.9. The standard InChI is InChI=1S/C22H30O8S/c1-15(23)27-18-12-20(28-16-8-4-2-5-9-16)29-19-13-26-21(30-22(18)19)14-31(24,25)17-10-6-3-7-11-17/h3,6-7,10-11,16,18-22H,2,4-5,8-9,12-14H2,1H3/t18-,19-,20?,21?,22+/m1/s1. The van der Waals surface area contributed by atoms with Crippen LogP contribution in [-0.2, 0) is 38.3 Å². The predicted octanol–water partition coefficient (Wildman–Crippen LogP) is 2.60. The van der Waals surface area contributed by atoms with E-state index < -0.39 is 46.7 Å². The Morgan fingerprint density at radius 1 is 1.10 bits per heavy atom. The van der Waals surface area contributed by atoms with Crippen LogP contribution in [0.3, 0.4) is 0 Å². The molecule has 2 unspecified atom stereocenters. The topological polar surface area (TPSA) is 97.4 Å². The summed E-state index contributed by atoms with van der Waals surface area (Å²) in [7, 11) is -3.59. The highest BCUT2D eigenvalue weighted by Crippen LogP contribution is 2.33. The van der Waals surface area contributed by atoms with Gasteiger partial charge in [-0.05, 0) is 25.0 Å². The Labute approximate surface area is 183 Å². The van der Waals surface area contributed by atoms with Gasteiger partial charge in [-0.2, -0.15) is 0 Å². The SMILES string of the molecule is CC(=O)O[C@@H]1CC(OC2CCCCC2)O[C@@H]2COC(CS(=O)(=O)c3ccccc3)O[C@@H]12. The van der Waals surface area contributed by atoms with Crippen molar-refractivity contribution < 1.29 is 36.9 Å². The second-order valence-corrected chi connectivity index (χ2v) is 10.4. The normalized spacial score (nSPS) is 32.2. The molecule has 1 aromatic rings. The Kier molecular flexibility index (Phi) is 7.28. The minimum atomic E-state index is -3.59. The van der Waals surface area contributed by atoms with Gasteiger partial charge < -0.3 is 23.7 Å². The summed E-state index contributed by atoms with van der Waals surface area (Å²) in [6.45, 7) is 1.49. The molecule has 0 bridgehead atoms. The van der Waals surface area contributed by atoms with E-state index in [1.54, 1.807) is 30.3 Å². The smallest absolute Gasteiger partial charge is 0.302 e. The highest BCUT2D eigenvalue weighted by molar-refractivity contribution is 7.91. The highest BCUT2D eigenvalue weighted by atomic mass is 32.2. The van der Waals surface area contributed by atoms with Crippen molar-refractivity contribution in [3.63, 3.8) is 0 Å². The number of ether oxygens (including phenoxy) is 5. The molecule has 2 aliphatic heterocycles. The van der Waals surface area contributed by atoms with Crippen molar-refractivity contribution in [2.45, 2.75) is 87.3 Å². The molecule has 0 amide bonds. The van der Waals surface area contributed by atoms with E-state index in [-0.39, 0.29) is 23.4 Å². The van der Waals surface area contributed by atoms with Gasteiger partial charge in [-0.15, -0.1) is 0 Å². The molecule has 0 radical (unpaired) electrons.